The van der Waals surface area contributed by atoms with E-state index in [1.807, 2.05) is 77.4 Å². The maximum atomic E-state index is 13.1. The van der Waals surface area contributed by atoms with Gasteiger partial charge in [-0.1, -0.05) is 56.2 Å². The third-order valence-corrected chi connectivity index (χ3v) is 7.27. The van der Waals surface area contributed by atoms with Crippen molar-refractivity contribution in [3.63, 3.8) is 0 Å². The number of fused-ring (bicyclic) bond motifs is 1. The number of hydrogen-bond acceptors (Lipinski definition) is 3. The number of benzene rings is 2. The molecule has 0 radical (unpaired) electrons. The molecule has 2 saturated heterocycles. The molecule has 0 unspecified atom stereocenters. The zero-order valence-corrected chi connectivity index (χ0v) is 16.5. The quantitative estimate of drug-likeness (QED) is 0.398. The predicted molar refractivity (Wildman–Crippen MR) is 111 cm³/mol. The van der Waals surface area contributed by atoms with Gasteiger partial charge in [0.05, 0.1) is 0 Å². The predicted octanol–water partition coefficient (Wildman–Crippen LogP) is 4.66. The van der Waals surface area contributed by atoms with Gasteiger partial charge in [-0.15, -0.1) is 11.8 Å². The highest BCUT2D eigenvalue weighted by Crippen LogP contribution is 2.67. The molecule has 0 aromatic heterocycles. The van der Waals surface area contributed by atoms with Crippen LogP contribution in [0.2, 0.25) is 0 Å². The standard InChI is InChI=1S/C22H24N2O2S/c1-3-4-11-16-27-22-21(2,19(25)23(22)17-12-7-5-8-13-17)20(26)24(22)18-14-9-6-10-15-18/h5-10,12-15H,3-4,11,16H2,1-2H3. The number of carbonyl (C=O) groups excluding carboxylic acids is 2. The molecule has 0 N–H and O–H groups in total. The number of β-lactam (4-membered cyclic amide) rings is 2. The highest BCUT2D eigenvalue weighted by atomic mass is 32.2. The van der Waals surface area contributed by atoms with E-state index in [1.54, 1.807) is 11.8 Å². The lowest BCUT2D eigenvalue weighted by Gasteiger charge is -2.73. The van der Waals surface area contributed by atoms with Gasteiger partial charge in [0, 0.05) is 11.4 Å². The van der Waals surface area contributed by atoms with Crippen molar-refractivity contribution in [3.8, 4) is 0 Å². The van der Waals surface area contributed by atoms with E-state index in [0.717, 1.165) is 36.4 Å². The van der Waals surface area contributed by atoms with E-state index < -0.39 is 10.4 Å². The summed E-state index contributed by atoms with van der Waals surface area (Å²) >= 11 is 1.72. The van der Waals surface area contributed by atoms with Gasteiger partial charge in [0.1, 0.15) is 0 Å². The van der Waals surface area contributed by atoms with Crippen LogP contribution in [0.3, 0.4) is 0 Å². The Bertz CT molecular complexity index is 794. The summed E-state index contributed by atoms with van der Waals surface area (Å²) in [4.78, 5) is 29.1. The number of unbranched alkanes of at least 4 members (excludes halogenated alkanes) is 2. The summed E-state index contributed by atoms with van der Waals surface area (Å²) in [6, 6.07) is 19.4. The Kier molecular flexibility index (Phi) is 4.50. The van der Waals surface area contributed by atoms with E-state index in [9.17, 15) is 9.59 Å². The first-order valence-corrected chi connectivity index (χ1v) is 10.5. The summed E-state index contributed by atoms with van der Waals surface area (Å²) in [5.74, 6) is 0.708. The van der Waals surface area contributed by atoms with Gasteiger partial charge in [-0.2, -0.15) is 0 Å². The maximum Gasteiger partial charge on any atom is 0.250 e. The van der Waals surface area contributed by atoms with Gasteiger partial charge < -0.3 is 0 Å². The minimum Gasteiger partial charge on any atom is -0.276 e. The normalized spacial score (nSPS) is 26.4. The average molecular weight is 381 g/mol. The summed E-state index contributed by atoms with van der Waals surface area (Å²) in [5, 5.41) is 0. The van der Waals surface area contributed by atoms with Gasteiger partial charge in [0.15, 0.2) is 10.4 Å². The number of amides is 2. The molecule has 2 aliphatic heterocycles. The van der Waals surface area contributed by atoms with Crippen LogP contribution in [0.5, 0.6) is 0 Å². The number of rotatable bonds is 7. The van der Waals surface area contributed by atoms with Crippen molar-refractivity contribution < 1.29 is 9.59 Å². The van der Waals surface area contributed by atoms with Crippen LogP contribution >= 0.6 is 11.8 Å². The summed E-state index contributed by atoms with van der Waals surface area (Å²) in [6.45, 7) is 3.99. The van der Waals surface area contributed by atoms with Gasteiger partial charge in [-0.25, -0.2) is 0 Å². The zero-order chi connectivity index (χ0) is 19.1. The van der Waals surface area contributed by atoms with Crippen LogP contribution in [0.25, 0.3) is 0 Å². The Morgan fingerprint density at radius 2 is 1.30 bits per heavy atom. The molecule has 5 heteroatoms. The number of thioether (sulfide) groups is 1. The minimum absolute atomic E-state index is 0.103. The number of anilines is 2. The molecule has 4 rings (SSSR count). The van der Waals surface area contributed by atoms with Gasteiger partial charge in [0.2, 0.25) is 11.8 Å². The van der Waals surface area contributed by atoms with Crippen molar-refractivity contribution in [2.45, 2.75) is 38.1 Å². The van der Waals surface area contributed by atoms with Crippen LogP contribution in [-0.2, 0) is 9.59 Å². The number of carbonyl (C=O) groups is 2. The van der Waals surface area contributed by atoms with Crippen LogP contribution in [-0.4, -0.2) is 22.6 Å². The molecule has 4 nitrogen and oxygen atoms in total. The van der Waals surface area contributed by atoms with Crippen molar-refractivity contribution in [2.75, 3.05) is 15.6 Å². The minimum atomic E-state index is -0.991. The van der Waals surface area contributed by atoms with Crippen molar-refractivity contribution in [1.82, 2.24) is 0 Å². The Morgan fingerprint density at radius 1 is 0.815 bits per heavy atom. The lowest BCUT2D eigenvalue weighted by atomic mass is 9.66. The maximum absolute atomic E-state index is 13.1. The molecule has 2 fully saturated rings. The van der Waals surface area contributed by atoms with E-state index in [1.165, 1.54) is 0 Å². The summed E-state index contributed by atoms with van der Waals surface area (Å²) in [5.41, 5.74) is 0.697. The van der Waals surface area contributed by atoms with Gasteiger partial charge in [0.25, 0.3) is 0 Å². The molecule has 27 heavy (non-hydrogen) atoms. The van der Waals surface area contributed by atoms with E-state index in [0.29, 0.717) is 0 Å². The fourth-order valence-corrected chi connectivity index (χ4v) is 5.84. The van der Waals surface area contributed by atoms with E-state index >= 15 is 0 Å². The molecule has 0 atom stereocenters. The van der Waals surface area contributed by atoms with Crippen LogP contribution in [0.15, 0.2) is 60.7 Å². The number of para-hydroxylation sites is 2. The van der Waals surface area contributed by atoms with E-state index in [-0.39, 0.29) is 11.8 Å². The monoisotopic (exact) mass is 380 g/mol. The summed E-state index contributed by atoms with van der Waals surface area (Å²) in [6.07, 6.45) is 3.37. The molecule has 2 heterocycles. The fourth-order valence-electron chi connectivity index (χ4n) is 4.11. The highest BCUT2D eigenvalue weighted by Gasteiger charge is 2.85. The highest BCUT2D eigenvalue weighted by molar-refractivity contribution is 8.01. The second-order valence-corrected chi connectivity index (χ2v) is 8.51. The lowest BCUT2D eigenvalue weighted by molar-refractivity contribution is -0.163. The number of nitrogens with zero attached hydrogens (tertiary/aromatic N) is 2. The van der Waals surface area contributed by atoms with Crippen molar-refractivity contribution in [3.05, 3.63) is 60.7 Å². The van der Waals surface area contributed by atoms with Gasteiger partial charge in [-0.05, 0) is 43.4 Å². The van der Waals surface area contributed by atoms with Gasteiger partial charge in [-0.3, -0.25) is 19.4 Å². The molecule has 2 amide bonds. The third-order valence-electron chi connectivity index (χ3n) is 5.60. The first-order valence-electron chi connectivity index (χ1n) is 9.52. The van der Waals surface area contributed by atoms with Crippen LogP contribution < -0.4 is 9.80 Å². The molecule has 0 saturated carbocycles. The Balaban J connectivity index is 1.76. The molecule has 2 aromatic rings. The van der Waals surface area contributed by atoms with Gasteiger partial charge >= 0.3 is 0 Å². The largest absolute Gasteiger partial charge is 0.276 e. The van der Waals surface area contributed by atoms with Crippen LogP contribution in [0.1, 0.15) is 33.1 Å². The fraction of sp³-hybridized carbons (Fsp3) is 0.364. The zero-order valence-electron chi connectivity index (χ0n) is 15.7. The molecular formula is C22H24N2O2S. The topological polar surface area (TPSA) is 40.6 Å². The van der Waals surface area contributed by atoms with E-state index in [2.05, 4.69) is 6.92 Å². The van der Waals surface area contributed by atoms with Crippen molar-refractivity contribution in [2.24, 2.45) is 5.41 Å². The van der Waals surface area contributed by atoms with Crippen molar-refractivity contribution >= 4 is 35.0 Å². The molecule has 2 aliphatic rings. The second-order valence-electron chi connectivity index (χ2n) is 7.24. The Morgan fingerprint density at radius 3 is 1.74 bits per heavy atom. The molecular weight excluding hydrogens is 356 g/mol. The first kappa shape index (κ1) is 18.1. The van der Waals surface area contributed by atoms with Crippen molar-refractivity contribution in [1.29, 1.82) is 0 Å². The summed E-state index contributed by atoms with van der Waals surface area (Å²) in [7, 11) is 0. The SMILES string of the molecule is CCCCCSC12N(c3ccccc3)C(=O)C1(C)C(=O)N2c1ccccc1. The van der Waals surface area contributed by atoms with E-state index in [4.69, 9.17) is 0 Å². The summed E-state index contributed by atoms with van der Waals surface area (Å²) < 4.78 is 0. The van der Waals surface area contributed by atoms with Crippen LogP contribution in [0, 0.1) is 5.41 Å². The smallest absolute Gasteiger partial charge is 0.250 e. The molecule has 0 aliphatic carbocycles. The Labute approximate surface area is 164 Å². The molecule has 0 spiro atoms. The van der Waals surface area contributed by atoms with Crippen LogP contribution in [0.4, 0.5) is 11.4 Å². The molecule has 2 aromatic carbocycles. The second kappa shape index (κ2) is 6.71. The average Bonchev–Trinajstić information content (AvgIpc) is 2.71. The number of hydrogen-bond donors (Lipinski definition) is 0. The lowest BCUT2D eigenvalue weighted by Crippen LogP contribution is -2.95. The molecule has 0 bridgehead atoms. The first-order chi connectivity index (χ1) is 13.1. The Hall–Kier alpha value is -2.27. The molecule has 140 valence electrons. The third kappa shape index (κ3) is 2.30.